The van der Waals surface area contributed by atoms with Crippen molar-refractivity contribution >= 4 is 0 Å². The molecule has 0 unspecified atom stereocenters. The maximum absolute atomic E-state index is 8.24. The highest BCUT2D eigenvalue weighted by Gasteiger charge is 1.96. The maximum atomic E-state index is 8.24. The molecule has 5 nitrogen and oxygen atoms in total. The van der Waals surface area contributed by atoms with E-state index in [1.807, 2.05) is 0 Å². The van der Waals surface area contributed by atoms with E-state index in [2.05, 4.69) is 15.9 Å². The second-order valence-corrected chi connectivity index (χ2v) is 0.878. The third-order valence-electron chi connectivity index (χ3n) is 0.431. The lowest BCUT2D eigenvalue weighted by Crippen LogP contribution is -2.15. The quantitative estimate of drug-likeness (QED) is 0.420. The van der Waals surface area contributed by atoms with Crippen LogP contribution < -0.4 is 5.43 Å². The number of hydrogen-bond donors (Lipinski definition) is 2. The topological polar surface area (TPSA) is 60.2 Å². The van der Waals surface area contributed by atoms with Gasteiger partial charge in [0.25, 0.3) is 0 Å². The highest BCUT2D eigenvalue weighted by molar-refractivity contribution is 4.30. The molecule has 0 amide bonds. The van der Waals surface area contributed by atoms with Gasteiger partial charge < -0.3 is 0 Å². The Hall–Kier alpha value is -0.840. The molecule has 1 rings (SSSR count). The highest BCUT2D eigenvalue weighted by Crippen LogP contribution is 1.85. The van der Waals surface area contributed by atoms with Crippen LogP contribution in [0.15, 0.2) is 10.4 Å². The van der Waals surface area contributed by atoms with E-state index in [9.17, 15) is 0 Å². The van der Waals surface area contributed by atoms with Crippen LogP contribution in [0.3, 0.4) is 0 Å². The fraction of sp³-hybridized carbons (Fsp3) is 1.00. The Kier molecular flexibility index (Phi) is 0.612. The molecular formula is CH4N4O. The zero-order valence-electron chi connectivity index (χ0n) is 3.00. The van der Waals surface area contributed by atoms with Crippen molar-refractivity contribution in [3.8, 4) is 0 Å². The van der Waals surface area contributed by atoms with Gasteiger partial charge in [0, 0.05) is 0 Å². The highest BCUT2D eigenvalue weighted by atomic mass is 16.5. The predicted octanol–water partition coefficient (Wildman–Crippen LogP) is -0.480. The Bertz CT molecular complexity index is 69.9. The Morgan fingerprint density at radius 2 is 2.67 bits per heavy atom. The van der Waals surface area contributed by atoms with Gasteiger partial charge in [0.05, 0.1) is 0 Å². The third-order valence-corrected chi connectivity index (χ3v) is 0.431. The standard InChI is InChI=1S/CH4N4O/c6-5-1-2-3-4-5/h6H,1H2,(H,2,4). The summed E-state index contributed by atoms with van der Waals surface area (Å²) >= 11 is 0. The summed E-state index contributed by atoms with van der Waals surface area (Å²) in [5.41, 5.74) is 2.41. The van der Waals surface area contributed by atoms with Crippen molar-refractivity contribution in [3.63, 3.8) is 0 Å². The van der Waals surface area contributed by atoms with Gasteiger partial charge in [0.1, 0.15) is 0 Å². The van der Waals surface area contributed by atoms with E-state index in [-0.39, 0.29) is 0 Å². The summed E-state index contributed by atoms with van der Waals surface area (Å²) < 4.78 is 0. The van der Waals surface area contributed by atoms with Crippen molar-refractivity contribution in [2.24, 2.45) is 10.4 Å². The maximum Gasteiger partial charge on any atom is 0.152 e. The van der Waals surface area contributed by atoms with Crippen LogP contribution in [0, 0.1) is 0 Å². The largest absolute Gasteiger partial charge is 0.269 e. The van der Waals surface area contributed by atoms with Crippen LogP contribution in [0.5, 0.6) is 0 Å². The van der Waals surface area contributed by atoms with Gasteiger partial charge in [-0.1, -0.05) is 5.22 Å². The van der Waals surface area contributed by atoms with Crippen LogP contribution in [0.4, 0.5) is 0 Å². The number of nitrogens with one attached hydrogen (secondary N) is 1. The Morgan fingerprint density at radius 1 is 1.83 bits per heavy atom. The minimum atomic E-state index is 0.292. The molecule has 0 bridgehead atoms. The SMILES string of the molecule is ON1CNN=N1. The molecule has 1 aliphatic rings. The summed E-state index contributed by atoms with van der Waals surface area (Å²) in [5.74, 6) is 0. The first-order chi connectivity index (χ1) is 2.89. The zero-order valence-corrected chi connectivity index (χ0v) is 3.00. The molecule has 0 aliphatic carbocycles. The van der Waals surface area contributed by atoms with Crippen LogP contribution in [0.25, 0.3) is 0 Å². The number of hydroxylamine groups is 1. The molecular weight excluding hydrogens is 84.0 g/mol. The molecule has 5 heteroatoms. The van der Waals surface area contributed by atoms with E-state index in [1.165, 1.54) is 0 Å². The summed E-state index contributed by atoms with van der Waals surface area (Å²) in [6, 6.07) is 0. The fourth-order valence-corrected chi connectivity index (χ4v) is 0.210. The third kappa shape index (κ3) is 0.389. The van der Waals surface area contributed by atoms with Crippen LogP contribution in [0.2, 0.25) is 0 Å². The molecule has 0 saturated carbocycles. The predicted molar refractivity (Wildman–Crippen MR) is 16.5 cm³/mol. The summed E-state index contributed by atoms with van der Waals surface area (Å²) in [4.78, 5) is 0. The van der Waals surface area contributed by atoms with Crippen molar-refractivity contribution in [2.75, 3.05) is 6.67 Å². The van der Waals surface area contributed by atoms with Crippen LogP contribution in [-0.4, -0.2) is 17.0 Å². The lowest BCUT2D eigenvalue weighted by Gasteiger charge is -1.93. The van der Waals surface area contributed by atoms with E-state index in [0.29, 0.717) is 11.8 Å². The Morgan fingerprint density at radius 3 is 2.83 bits per heavy atom. The molecule has 6 heavy (non-hydrogen) atoms. The Labute approximate surface area is 34.2 Å². The van der Waals surface area contributed by atoms with Gasteiger partial charge in [0.2, 0.25) is 0 Å². The second-order valence-electron chi connectivity index (χ2n) is 0.878. The molecule has 2 N–H and O–H groups in total. The van der Waals surface area contributed by atoms with E-state index in [4.69, 9.17) is 5.21 Å². The van der Waals surface area contributed by atoms with E-state index < -0.39 is 0 Å². The van der Waals surface area contributed by atoms with Gasteiger partial charge in [0.15, 0.2) is 6.67 Å². The van der Waals surface area contributed by atoms with Gasteiger partial charge in [-0.3, -0.25) is 10.6 Å². The van der Waals surface area contributed by atoms with Crippen molar-refractivity contribution in [1.29, 1.82) is 0 Å². The first kappa shape index (κ1) is 3.35. The van der Waals surface area contributed by atoms with Gasteiger partial charge >= 0.3 is 0 Å². The lowest BCUT2D eigenvalue weighted by molar-refractivity contribution is -0.0831. The minimum absolute atomic E-state index is 0.292. The van der Waals surface area contributed by atoms with Crippen LogP contribution in [-0.2, 0) is 0 Å². The normalized spacial score (nSPS) is 18.5. The fourth-order valence-electron chi connectivity index (χ4n) is 0.210. The van der Waals surface area contributed by atoms with E-state index in [1.54, 1.807) is 0 Å². The summed E-state index contributed by atoms with van der Waals surface area (Å²) in [6.07, 6.45) is 0. The number of hydrogen-bond acceptors (Lipinski definition) is 5. The summed E-state index contributed by atoms with van der Waals surface area (Å²) in [5, 5.41) is 15.3. The Balaban J connectivity index is 2.38. The van der Waals surface area contributed by atoms with Gasteiger partial charge in [-0.2, -0.15) is 0 Å². The monoisotopic (exact) mass is 88.0 g/mol. The van der Waals surface area contributed by atoms with Gasteiger partial charge in [-0.15, -0.1) is 5.17 Å². The van der Waals surface area contributed by atoms with Crippen LogP contribution >= 0.6 is 0 Å². The van der Waals surface area contributed by atoms with Gasteiger partial charge in [-0.25, -0.2) is 0 Å². The molecule has 0 aromatic carbocycles. The van der Waals surface area contributed by atoms with E-state index >= 15 is 0 Å². The molecule has 0 spiro atoms. The molecule has 0 atom stereocenters. The molecule has 0 saturated heterocycles. The molecule has 0 aromatic heterocycles. The number of nitrogens with zero attached hydrogens (tertiary/aromatic N) is 3. The first-order valence-electron chi connectivity index (χ1n) is 1.49. The summed E-state index contributed by atoms with van der Waals surface area (Å²) in [6.45, 7) is 0.292. The number of rotatable bonds is 0. The van der Waals surface area contributed by atoms with Crippen molar-refractivity contribution in [1.82, 2.24) is 10.6 Å². The first-order valence-corrected chi connectivity index (χ1v) is 1.49. The van der Waals surface area contributed by atoms with Gasteiger partial charge in [-0.05, 0) is 5.22 Å². The molecule has 0 radical (unpaired) electrons. The average Bonchev–Trinajstić information content (AvgIpc) is 1.86. The van der Waals surface area contributed by atoms with Crippen molar-refractivity contribution in [2.45, 2.75) is 0 Å². The molecule has 0 fully saturated rings. The molecule has 1 aliphatic heterocycles. The molecule has 1 heterocycles. The van der Waals surface area contributed by atoms with Crippen LogP contribution in [0.1, 0.15) is 0 Å². The summed E-state index contributed by atoms with van der Waals surface area (Å²) in [7, 11) is 0. The van der Waals surface area contributed by atoms with E-state index in [0.717, 1.165) is 0 Å². The molecule has 0 aromatic rings. The average molecular weight is 88.1 g/mol. The minimum Gasteiger partial charge on any atom is -0.269 e. The second kappa shape index (κ2) is 1.09. The smallest absolute Gasteiger partial charge is 0.152 e. The lowest BCUT2D eigenvalue weighted by atomic mass is 11.2. The zero-order chi connectivity index (χ0) is 4.41. The van der Waals surface area contributed by atoms with Crippen molar-refractivity contribution in [3.05, 3.63) is 0 Å². The molecule has 34 valence electrons. The van der Waals surface area contributed by atoms with Crippen molar-refractivity contribution < 1.29 is 5.21 Å².